The third-order valence-corrected chi connectivity index (χ3v) is 6.42. The highest BCUT2D eigenvalue weighted by atomic mass is 19.1. The summed E-state index contributed by atoms with van der Waals surface area (Å²) in [6, 6.07) is 6.93. The Morgan fingerprint density at radius 1 is 1.19 bits per heavy atom. The third kappa shape index (κ3) is 5.89. The van der Waals surface area contributed by atoms with Crippen LogP contribution < -0.4 is 5.43 Å². The molecule has 0 spiro atoms. The number of hydrogen-bond donors (Lipinski definition) is 1. The zero-order valence-corrected chi connectivity index (χ0v) is 17.9. The molecule has 0 saturated carbocycles. The van der Waals surface area contributed by atoms with Gasteiger partial charge in [-0.1, -0.05) is 18.2 Å². The van der Waals surface area contributed by atoms with Gasteiger partial charge >= 0.3 is 0 Å². The number of rotatable bonds is 7. The van der Waals surface area contributed by atoms with E-state index in [9.17, 15) is 14.0 Å². The van der Waals surface area contributed by atoms with E-state index >= 15 is 0 Å². The number of hydrazone groups is 1. The van der Waals surface area contributed by atoms with E-state index in [1.165, 1.54) is 6.07 Å². The molecule has 2 amide bonds. The minimum Gasteiger partial charge on any atom is -0.376 e. The summed E-state index contributed by atoms with van der Waals surface area (Å²) in [5, 5.41) is 4.01. The zero-order chi connectivity index (χ0) is 21.6. The number of halogens is 1. The quantitative estimate of drug-likeness (QED) is 0.721. The maximum absolute atomic E-state index is 14.0. The standard InChI is InChI=1S/C23H31FN4O3/c24-20-6-2-1-4-18(20)15-27-11-9-17(10-12-27)14-28(16-19-5-3-13-31-19)23(30)21-7-8-22(29)26-25-21/h1-2,4,6,17,19H,3,5,7-16H2,(H,26,29). The first-order valence-electron chi connectivity index (χ1n) is 11.3. The molecule has 0 aromatic heterocycles. The molecule has 1 aromatic rings. The van der Waals surface area contributed by atoms with Gasteiger partial charge in [-0.2, -0.15) is 5.10 Å². The van der Waals surface area contributed by atoms with Gasteiger partial charge in [0.2, 0.25) is 5.91 Å². The van der Waals surface area contributed by atoms with Crippen LogP contribution in [-0.2, 0) is 20.9 Å². The molecule has 3 heterocycles. The molecule has 3 aliphatic heterocycles. The fourth-order valence-corrected chi connectivity index (χ4v) is 4.59. The number of likely N-dealkylation sites (tertiary alicyclic amines) is 1. The number of carbonyl (C=O) groups is 2. The molecule has 0 bridgehead atoms. The second-order valence-corrected chi connectivity index (χ2v) is 8.75. The third-order valence-electron chi connectivity index (χ3n) is 6.42. The normalized spacial score (nSPS) is 22.8. The molecule has 0 aliphatic carbocycles. The van der Waals surface area contributed by atoms with E-state index in [2.05, 4.69) is 15.4 Å². The fraction of sp³-hybridized carbons (Fsp3) is 0.609. The summed E-state index contributed by atoms with van der Waals surface area (Å²) in [6.45, 7) is 4.38. The van der Waals surface area contributed by atoms with Crippen LogP contribution >= 0.6 is 0 Å². The van der Waals surface area contributed by atoms with Gasteiger partial charge < -0.3 is 9.64 Å². The van der Waals surface area contributed by atoms with Gasteiger partial charge in [-0.3, -0.25) is 14.5 Å². The van der Waals surface area contributed by atoms with E-state index < -0.39 is 0 Å². The van der Waals surface area contributed by atoms with Crippen molar-refractivity contribution in [3.63, 3.8) is 0 Å². The van der Waals surface area contributed by atoms with Crippen LogP contribution in [0.2, 0.25) is 0 Å². The summed E-state index contributed by atoms with van der Waals surface area (Å²) in [7, 11) is 0. The molecule has 0 radical (unpaired) electrons. The van der Waals surface area contributed by atoms with E-state index in [0.717, 1.165) is 50.9 Å². The van der Waals surface area contributed by atoms with Crippen LogP contribution in [0, 0.1) is 11.7 Å². The van der Waals surface area contributed by atoms with Gasteiger partial charge in [0, 0.05) is 44.6 Å². The summed E-state index contributed by atoms with van der Waals surface area (Å²) in [5.74, 6) is -0.00644. The Balaban J connectivity index is 1.34. The number of piperidine rings is 1. The lowest BCUT2D eigenvalue weighted by atomic mass is 9.95. The van der Waals surface area contributed by atoms with Crippen molar-refractivity contribution in [1.29, 1.82) is 0 Å². The molecule has 31 heavy (non-hydrogen) atoms. The molecule has 2 saturated heterocycles. The second kappa shape index (κ2) is 10.3. The number of benzene rings is 1. The molecular formula is C23H31FN4O3. The molecule has 3 aliphatic rings. The van der Waals surface area contributed by atoms with Crippen molar-refractivity contribution in [2.24, 2.45) is 11.0 Å². The first-order chi connectivity index (χ1) is 15.1. The first-order valence-corrected chi connectivity index (χ1v) is 11.3. The van der Waals surface area contributed by atoms with Crippen molar-refractivity contribution < 1.29 is 18.7 Å². The van der Waals surface area contributed by atoms with Crippen molar-refractivity contribution in [1.82, 2.24) is 15.2 Å². The summed E-state index contributed by atoms with van der Waals surface area (Å²) >= 11 is 0. The van der Waals surface area contributed by atoms with Crippen LogP contribution in [0.3, 0.4) is 0 Å². The molecule has 1 aromatic carbocycles. The van der Waals surface area contributed by atoms with Crippen molar-refractivity contribution in [3.05, 3.63) is 35.6 Å². The Bertz CT molecular complexity index is 817. The summed E-state index contributed by atoms with van der Waals surface area (Å²) in [6.07, 6.45) is 4.68. The lowest BCUT2D eigenvalue weighted by Crippen LogP contribution is -2.47. The Labute approximate surface area is 182 Å². The largest absolute Gasteiger partial charge is 0.376 e. The molecule has 8 heteroatoms. The number of nitrogens with one attached hydrogen (secondary N) is 1. The van der Waals surface area contributed by atoms with Crippen LogP contribution in [-0.4, -0.2) is 66.2 Å². The Hall–Kier alpha value is -2.32. The van der Waals surface area contributed by atoms with E-state index in [1.807, 2.05) is 17.0 Å². The van der Waals surface area contributed by atoms with Crippen LogP contribution in [0.4, 0.5) is 4.39 Å². The lowest BCUT2D eigenvalue weighted by Gasteiger charge is -2.36. The topological polar surface area (TPSA) is 74.2 Å². The van der Waals surface area contributed by atoms with E-state index in [0.29, 0.717) is 44.1 Å². The molecular weight excluding hydrogens is 399 g/mol. The molecule has 7 nitrogen and oxygen atoms in total. The van der Waals surface area contributed by atoms with Gasteiger partial charge in [-0.25, -0.2) is 9.82 Å². The van der Waals surface area contributed by atoms with Gasteiger partial charge in [-0.05, 0) is 50.8 Å². The predicted octanol–water partition coefficient (Wildman–Crippen LogP) is 2.31. The first kappa shape index (κ1) is 21.9. The van der Waals surface area contributed by atoms with Gasteiger partial charge in [0.15, 0.2) is 0 Å². The van der Waals surface area contributed by atoms with Crippen LogP contribution in [0.1, 0.15) is 44.1 Å². The summed E-state index contributed by atoms with van der Waals surface area (Å²) in [5.41, 5.74) is 3.59. The minimum absolute atomic E-state index is 0.0730. The van der Waals surface area contributed by atoms with E-state index in [-0.39, 0.29) is 23.7 Å². The molecule has 1 N–H and O–H groups in total. The zero-order valence-electron chi connectivity index (χ0n) is 17.9. The highest BCUT2D eigenvalue weighted by molar-refractivity contribution is 6.39. The van der Waals surface area contributed by atoms with Gasteiger partial charge in [0.05, 0.1) is 6.10 Å². The Kier molecular flexibility index (Phi) is 7.29. The molecule has 1 unspecified atom stereocenters. The van der Waals surface area contributed by atoms with E-state index in [1.54, 1.807) is 6.07 Å². The predicted molar refractivity (Wildman–Crippen MR) is 115 cm³/mol. The second-order valence-electron chi connectivity index (χ2n) is 8.75. The van der Waals surface area contributed by atoms with Gasteiger partial charge in [-0.15, -0.1) is 0 Å². The average Bonchev–Trinajstić information content (AvgIpc) is 3.29. The Morgan fingerprint density at radius 2 is 2.00 bits per heavy atom. The molecule has 1 atom stereocenters. The van der Waals surface area contributed by atoms with Gasteiger partial charge in [0.25, 0.3) is 5.91 Å². The van der Waals surface area contributed by atoms with Gasteiger partial charge in [0.1, 0.15) is 11.5 Å². The summed E-state index contributed by atoms with van der Waals surface area (Å²) < 4.78 is 19.7. The monoisotopic (exact) mass is 430 g/mol. The van der Waals surface area contributed by atoms with Crippen molar-refractivity contribution in [2.75, 3.05) is 32.8 Å². The lowest BCUT2D eigenvalue weighted by molar-refractivity contribution is -0.127. The maximum Gasteiger partial charge on any atom is 0.270 e. The van der Waals surface area contributed by atoms with Crippen molar-refractivity contribution >= 4 is 17.5 Å². The minimum atomic E-state index is -0.154. The van der Waals surface area contributed by atoms with Crippen molar-refractivity contribution in [2.45, 2.75) is 51.2 Å². The summed E-state index contributed by atoms with van der Waals surface area (Å²) in [4.78, 5) is 28.7. The number of nitrogens with zero attached hydrogens (tertiary/aromatic N) is 3. The average molecular weight is 431 g/mol. The fourth-order valence-electron chi connectivity index (χ4n) is 4.59. The van der Waals surface area contributed by atoms with Crippen molar-refractivity contribution in [3.8, 4) is 0 Å². The Morgan fingerprint density at radius 3 is 2.68 bits per heavy atom. The molecule has 168 valence electrons. The molecule has 2 fully saturated rings. The number of carbonyl (C=O) groups excluding carboxylic acids is 2. The number of hydrogen-bond acceptors (Lipinski definition) is 5. The van der Waals surface area contributed by atoms with E-state index in [4.69, 9.17) is 4.74 Å². The maximum atomic E-state index is 14.0. The smallest absolute Gasteiger partial charge is 0.270 e. The molecule has 4 rings (SSSR count). The highest BCUT2D eigenvalue weighted by Gasteiger charge is 2.30. The highest BCUT2D eigenvalue weighted by Crippen LogP contribution is 2.23. The van der Waals surface area contributed by atoms with Crippen LogP contribution in [0.25, 0.3) is 0 Å². The SMILES string of the molecule is O=C1CCC(C(=O)N(CC2CCN(Cc3ccccc3F)CC2)CC2CCCO2)=NN1. The van der Waals surface area contributed by atoms with Crippen LogP contribution in [0.15, 0.2) is 29.4 Å². The van der Waals surface area contributed by atoms with Crippen LogP contribution in [0.5, 0.6) is 0 Å². The number of ether oxygens (including phenoxy) is 1. The number of amides is 2.